The van der Waals surface area contributed by atoms with E-state index in [0.717, 1.165) is 18.8 Å². The summed E-state index contributed by atoms with van der Waals surface area (Å²) in [7, 11) is 0. The molecule has 1 aromatic heterocycles. The fourth-order valence-electron chi connectivity index (χ4n) is 2.73. The highest BCUT2D eigenvalue weighted by Crippen LogP contribution is 2.24. The van der Waals surface area contributed by atoms with Crippen molar-refractivity contribution >= 4 is 0 Å². The summed E-state index contributed by atoms with van der Waals surface area (Å²) in [5.74, 6) is 0.997. The van der Waals surface area contributed by atoms with Gasteiger partial charge in [0.05, 0.1) is 18.9 Å². The number of aliphatic hydroxyl groups is 1. The van der Waals surface area contributed by atoms with Crippen molar-refractivity contribution in [3.05, 3.63) is 24.2 Å². The Morgan fingerprint density at radius 1 is 1.41 bits per heavy atom. The lowest BCUT2D eigenvalue weighted by Gasteiger charge is -2.34. The lowest BCUT2D eigenvalue weighted by molar-refractivity contribution is 0.0718. The Hall–Kier alpha value is -0.800. The van der Waals surface area contributed by atoms with Crippen molar-refractivity contribution in [1.82, 2.24) is 4.90 Å². The van der Waals surface area contributed by atoms with Crippen molar-refractivity contribution in [2.45, 2.75) is 57.7 Å². The summed E-state index contributed by atoms with van der Waals surface area (Å²) in [4.78, 5) is 2.38. The van der Waals surface area contributed by atoms with Gasteiger partial charge in [0.25, 0.3) is 0 Å². The number of aliphatic hydroxyl groups excluding tert-OH is 1. The molecule has 1 aromatic rings. The molecule has 96 valence electrons. The van der Waals surface area contributed by atoms with Crippen LogP contribution in [-0.4, -0.2) is 28.7 Å². The first-order valence-electron chi connectivity index (χ1n) is 6.70. The molecular weight excluding hydrogens is 214 g/mol. The third-order valence-electron chi connectivity index (χ3n) is 3.53. The maximum Gasteiger partial charge on any atom is 0.117 e. The Labute approximate surface area is 103 Å². The maximum absolute atomic E-state index is 9.61. The standard InChI is InChI=1S/C14H23NO2/c1-12(16)10-15(11-14-8-5-9-17-14)13-6-3-2-4-7-13/h5,8-9,12-13,16H,2-4,6-7,10-11H2,1H3. The summed E-state index contributed by atoms with van der Waals surface area (Å²) in [5.41, 5.74) is 0. The topological polar surface area (TPSA) is 36.6 Å². The minimum atomic E-state index is -0.271. The van der Waals surface area contributed by atoms with Crippen LogP contribution in [0, 0.1) is 0 Å². The van der Waals surface area contributed by atoms with Crippen LogP contribution in [0.1, 0.15) is 44.8 Å². The molecule has 1 aliphatic rings. The Bertz CT molecular complexity index is 302. The second kappa shape index (κ2) is 6.22. The lowest BCUT2D eigenvalue weighted by atomic mass is 9.94. The summed E-state index contributed by atoms with van der Waals surface area (Å²) in [6, 6.07) is 4.55. The van der Waals surface area contributed by atoms with E-state index in [-0.39, 0.29) is 6.10 Å². The second-order valence-corrected chi connectivity index (χ2v) is 5.15. The Morgan fingerprint density at radius 2 is 2.18 bits per heavy atom. The zero-order valence-electron chi connectivity index (χ0n) is 10.6. The molecule has 1 N–H and O–H groups in total. The van der Waals surface area contributed by atoms with Gasteiger partial charge in [-0.05, 0) is 31.9 Å². The van der Waals surface area contributed by atoms with E-state index in [9.17, 15) is 5.11 Å². The average molecular weight is 237 g/mol. The van der Waals surface area contributed by atoms with Gasteiger partial charge in [0.15, 0.2) is 0 Å². The molecule has 1 saturated carbocycles. The molecule has 17 heavy (non-hydrogen) atoms. The quantitative estimate of drug-likeness (QED) is 0.855. The van der Waals surface area contributed by atoms with Gasteiger partial charge < -0.3 is 9.52 Å². The van der Waals surface area contributed by atoms with E-state index in [1.807, 2.05) is 19.1 Å². The molecule has 1 atom stereocenters. The zero-order valence-corrected chi connectivity index (χ0v) is 10.6. The summed E-state index contributed by atoms with van der Waals surface area (Å²) >= 11 is 0. The Balaban J connectivity index is 1.96. The van der Waals surface area contributed by atoms with Crippen LogP contribution in [0.3, 0.4) is 0 Å². The predicted molar refractivity (Wildman–Crippen MR) is 67.7 cm³/mol. The van der Waals surface area contributed by atoms with Crippen LogP contribution in [0.4, 0.5) is 0 Å². The maximum atomic E-state index is 9.61. The van der Waals surface area contributed by atoms with Crippen LogP contribution in [0.2, 0.25) is 0 Å². The van der Waals surface area contributed by atoms with Crippen LogP contribution in [0.25, 0.3) is 0 Å². The normalized spacial score (nSPS) is 19.7. The fourth-order valence-corrected chi connectivity index (χ4v) is 2.73. The molecular formula is C14H23NO2. The molecule has 0 spiro atoms. The van der Waals surface area contributed by atoms with Gasteiger partial charge in [-0.2, -0.15) is 0 Å². The summed E-state index contributed by atoms with van der Waals surface area (Å²) in [5, 5.41) is 9.61. The summed E-state index contributed by atoms with van der Waals surface area (Å²) < 4.78 is 5.41. The van der Waals surface area contributed by atoms with Crippen LogP contribution in [0.5, 0.6) is 0 Å². The summed E-state index contributed by atoms with van der Waals surface area (Å²) in [6.45, 7) is 3.42. The van der Waals surface area contributed by atoms with Gasteiger partial charge >= 0.3 is 0 Å². The Kier molecular flexibility index (Phi) is 4.63. The molecule has 0 amide bonds. The van der Waals surface area contributed by atoms with Gasteiger partial charge in [0.1, 0.15) is 5.76 Å². The molecule has 0 aliphatic heterocycles. The van der Waals surface area contributed by atoms with Gasteiger partial charge in [-0.3, -0.25) is 4.90 Å². The van der Waals surface area contributed by atoms with Crippen molar-refractivity contribution < 1.29 is 9.52 Å². The number of rotatable bonds is 5. The van der Waals surface area contributed by atoms with Gasteiger partial charge in [-0.1, -0.05) is 19.3 Å². The van der Waals surface area contributed by atoms with E-state index in [4.69, 9.17) is 4.42 Å². The monoisotopic (exact) mass is 237 g/mol. The molecule has 0 aromatic carbocycles. The number of nitrogens with zero attached hydrogens (tertiary/aromatic N) is 1. The van der Waals surface area contributed by atoms with Gasteiger partial charge in [0, 0.05) is 12.6 Å². The third-order valence-corrected chi connectivity index (χ3v) is 3.53. The lowest BCUT2D eigenvalue weighted by Crippen LogP contribution is -2.40. The number of hydrogen-bond donors (Lipinski definition) is 1. The van der Waals surface area contributed by atoms with Crippen LogP contribution >= 0.6 is 0 Å². The zero-order chi connectivity index (χ0) is 12.1. The minimum absolute atomic E-state index is 0.271. The fraction of sp³-hybridized carbons (Fsp3) is 0.714. The predicted octanol–water partition coefficient (Wildman–Crippen LogP) is 2.80. The van der Waals surface area contributed by atoms with Crippen LogP contribution < -0.4 is 0 Å². The second-order valence-electron chi connectivity index (χ2n) is 5.15. The third kappa shape index (κ3) is 3.86. The first-order valence-corrected chi connectivity index (χ1v) is 6.70. The van der Waals surface area contributed by atoms with E-state index in [1.54, 1.807) is 6.26 Å². The van der Waals surface area contributed by atoms with Crippen molar-refractivity contribution in [2.24, 2.45) is 0 Å². The smallest absolute Gasteiger partial charge is 0.117 e. The average Bonchev–Trinajstić information content (AvgIpc) is 2.82. The van der Waals surface area contributed by atoms with Crippen molar-refractivity contribution in [2.75, 3.05) is 6.54 Å². The van der Waals surface area contributed by atoms with E-state index in [2.05, 4.69) is 4.90 Å². The molecule has 3 nitrogen and oxygen atoms in total. The largest absolute Gasteiger partial charge is 0.468 e. The van der Waals surface area contributed by atoms with E-state index >= 15 is 0 Å². The first-order chi connectivity index (χ1) is 8.25. The molecule has 1 aliphatic carbocycles. The van der Waals surface area contributed by atoms with Gasteiger partial charge in [-0.15, -0.1) is 0 Å². The molecule has 0 bridgehead atoms. The molecule has 3 heteroatoms. The van der Waals surface area contributed by atoms with Crippen molar-refractivity contribution in [1.29, 1.82) is 0 Å². The highest BCUT2D eigenvalue weighted by Gasteiger charge is 2.22. The number of furan rings is 1. The van der Waals surface area contributed by atoms with Crippen molar-refractivity contribution in [3.8, 4) is 0 Å². The van der Waals surface area contributed by atoms with Crippen LogP contribution in [0.15, 0.2) is 22.8 Å². The van der Waals surface area contributed by atoms with E-state index in [0.29, 0.717) is 6.04 Å². The molecule has 1 fully saturated rings. The first kappa shape index (κ1) is 12.7. The highest BCUT2D eigenvalue weighted by molar-refractivity contribution is 4.98. The summed E-state index contributed by atoms with van der Waals surface area (Å²) in [6.07, 6.45) is 7.96. The SMILES string of the molecule is CC(O)CN(Cc1ccco1)C1CCCCC1. The highest BCUT2D eigenvalue weighted by atomic mass is 16.3. The van der Waals surface area contributed by atoms with Crippen LogP contribution in [-0.2, 0) is 6.54 Å². The molecule has 0 saturated heterocycles. The minimum Gasteiger partial charge on any atom is -0.468 e. The molecule has 2 rings (SSSR count). The van der Waals surface area contributed by atoms with E-state index < -0.39 is 0 Å². The molecule has 0 radical (unpaired) electrons. The molecule has 1 unspecified atom stereocenters. The molecule has 1 heterocycles. The Morgan fingerprint density at radius 3 is 2.76 bits per heavy atom. The number of hydrogen-bond acceptors (Lipinski definition) is 3. The van der Waals surface area contributed by atoms with Gasteiger partial charge in [-0.25, -0.2) is 0 Å². The van der Waals surface area contributed by atoms with Gasteiger partial charge in [0.2, 0.25) is 0 Å². The van der Waals surface area contributed by atoms with Crippen molar-refractivity contribution in [3.63, 3.8) is 0 Å². The van der Waals surface area contributed by atoms with E-state index in [1.165, 1.54) is 32.1 Å².